The number of nitrogens with one attached hydrogen (secondary N) is 1. The average Bonchev–Trinajstić information content (AvgIpc) is 3.34. The first-order chi connectivity index (χ1) is 17.6. The van der Waals surface area contributed by atoms with Crippen LogP contribution < -0.4 is 5.32 Å². The second-order valence-corrected chi connectivity index (χ2v) is 11.2. The Morgan fingerprint density at radius 2 is 1.95 bits per heavy atom. The molecule has 0 radical (unpaired) electrons. The fourth-order valence-corrected chi connectivity index (χ4v) is 5.30. The van der Waals surface area contributed by atoms with E-state index in [1.165, 1.54) is 27.8 Å². The van der Waals surface area contributed by atoms with Crippen LogP contribution in [0.4, 0.5) is 0 Å². The van der Waals surface area contributed by atoms with Gasteiger partial charge in [0.2, 0.25) is 5.82 Å². The van der Waals surface area contributed by atoms with Crippen LogP contribution in [0.2, 0.25) is 0 Å². The van der Waals surface area contributed by atoms with Crippen molar-refractivity contribution in [3.8, 4) is 11.4 Å². The first kappa shape index (κ1) is 28.8. The summed E-state index contributed by atoms with van der Waals surface area (Å²) in [4.78, 5) is 16.2. The van der Waals surface area contributed by atoms with Gasteiger partial charge in [-0.2, -0.15) is 4.98 Å². The van der Waals surface area contributed by atoms with Gasteiger partial charge in [-0.25, -0.2) is 0 Å². The molecule has 1 heterocycles. The Hall–Kier alpha value is -2.73. The molecule has 2 aromatic rings. The normalized spacial score (nSPS) is 16.1. The van der Waals surface area contributed by atoms with E-state index in [1.807, 2.05) is 6.92 Å². The number of hydrogen-bond acceptors (Lipinski definition) is 6. The summed E-state index contributed by atoms with van der Waals surface area (Å²) < 4.78 is 10.7. The second kappa shape index (κ2) is 12.7. The summed E-state index contributed by atoms with van der Waals surface area (Å²) in [6, 6.07) is 4.28. The summed E-state index contributed by atoms with van der Waals surface area (Å²) in [6.45, 7) is 21.2. The van der Waals surface area contributed by atoms with Crippen LogP contribution in [-0.2, 0) is 16.0 Å². The van der Waals surface area contributed by atoms with Gasteiger partial charge in [-0.05, 0) is 112 Å². The van der Waals surface area contributed by atoms with E-state index in [-0.39, 0.29) is 12.5 Å². The van der Waals surface area contributed by atoms with Crippen molar-refractivity contribution in [1.29, 1.82) is 0 Å². The molecule has 202 valence electrons. The Bertz CT molecular complexity index is 1120. The van der Waals surface area contributed by atoms with E-state index in [4.69, 9.17) is 14.2 Å². The number of carbonyl (C=O) groups excluding carboxylic acids is 1. The monoisotopic (exact) mass is 507 g/mol. The summed E-state index contributed by atoms with van der Waals surface area (Å²) in [5.74, 6) is 1.44. The van der Waals surface area contributed by atoms with Gasteiger partial charge in [0.25, 0.3) is 5.89 Å². The van der Waals surface area contributed by atoms with Gasteiger partial charge in [0.1, 0.15) is 0 Å². The number of esters is 1. The molecule has 0 saturated heterocycles. The van der Waals surface area contributed by atoms with Crippen molar-refractivity contribution >= 4 is 11.5 Å². The molecule has 0 amide bonds. The number of hydrogen-bond donors (Lipinski definition) is 1. The Morgan fingerprint density at radius 1 is 1.24 bits per heavy atom. The molecule has 0 bridgehead atoms. The van der Waals surface area contributed by atoms with E-state index in [2.05, 4.69) is 70.7 Å². The number of aryl methyl sites for hydroxylation is 2. The first-order valence-electron chi connectivity index (χ1n) is 13.8. The van der Waals surface area contributed by atoms with Crippen LogP contribution in [0.1, 0.15) is 89.3 Å². The van der Waals surface area contributed by atoms with Crippen LogP contribution >= 0.6 is 0 Å². The van der Waals surface area contributed by atoms with Gasteiger partial charge in [-0.1, -0.05) is 45.0 Å². The van der Waals surface area contributed by atoms with Crippen molar-refractivity contribution in [3.63, 3.8) is 0 Å². The second-order valence-electron chi connectivity index (χ2n) is 11.2. The molecule has 0 aliphatic heterocycles. The van der Waals surface area contributed by atoms with E-state index in [1.54, 1.807) is 0 Å². The van der Waals surface area contributed by atoms with Crippen LogP contribution in [0, 0.1) is 25.2 Å². The molecule has 0 spiro atoms. The standard InChI is InChI=1S/C31H45N3O3/c1-9-20(3)27-18-31(7,8)14-13-26(27)23(6)30-33-29(34-37-30)24-16-21(4)25(22(5)17-24)12-11-15-32-19-28(35)36-10-2/h16-17,20,32H,6,9-15,18-19H2,1-5,7-8H3. The molecule has 6 heteroatoms. The summed E-state index contributed by atoms with van der Waals surface area (Å²) >= 11 is 0. The van der Waals surface area contributed by atoms with E-state index < -0.39 is 0 Å². The lowest BCUT2D eigenvalue weighted by atomic mass is 9.69. The molecule has 0 fully saturated rings. The lowest BCUT2D eigenvalue weighted by Crippen LogP contribution is -2.25. The van der Waals surface area contributed by atoms with Gasteiger partial charge >= 0.3 is 5.97 Å². The summed E-state index contributed by atoms with van der Waals surface area (Å²) in [5.41, 5.74) is 8.70. The Morgan fingerprint density at radius 3 is 2.59 bits per heavy atom. The van der Waals surface area contributed by atoms with Crippen LogP contribution in [0.3, 0.4) is 0 Å². The van der Waals surface area contributed by atoms with Crippen molar-refractivity contribution in [2.24, 2.45) is 11.3 Å². The molecule has 1 N–H and O–H groups in total. The SMILES string of the molecule is C=C(C1=C(C(C)CC)CC(C)(C)CC1)c1nc(-c2cc(C)c(CCCNCC(=O)OCC)c(C)c2)no1. The van der Waals surface area contributed by atoms with Crippen molar-refractivity contribution in [2.45, 2.75) is 87.0 Å². The maximum absolute atomic E-state index is 11.5. The highest BCUT2D eigenvalue weighted by Gasteiger charge is 2.31. The van der Waals surface area contributed by atoms with E-state index in [0.717, 1.165) is 56.2 Å². The molecule has 1 aliphatic carbocycles. The van der Waals surface area contributed by atoms with Crippen molar-refractivity contribution in [1.82, 2.24) is 15.5 Å². The molecule has 3 rings (SSSR count). The quantitative estimate of drug-likeness (QED) is 0.246. The topological polar surface area (TPSA) is 77.2 Å². The highest BCUT2D eigenvalue weighted by molar-refractivity contribution is 5.75. The van der Waals surface area contributed by atoms with Crippen LogP contribution in [0.15, 0.2) is 34.4 Å². The molecular weight excluding hydrogens is 462 g/mol. The third-order valence-electron chi connectivity index (χ3n) is 7.67. The summed E-state index contributed by atoms with van der Waals surface area (Å²) in [6.07, 6.45) is 6.23. The fourth-order valence-electron chi connectivity index (χ4n) is 5.30. The van der Waals surface area contributed by atoms with Crippen molar-refractivity contribution in [2.75, 3.05) is 19.7 Å². The van der Waals surface area contributed by atoms with Gasteiger partial charge in [0, 0.05) is 11.1 Å². The van der Waals surface area contributed by atoms with Crippen molar-refractivity contribution < 1.29 is 14.1 Å². The molecule has 6 nitrogen and oxygen atoms in total. The highest BCUT2D eigenvalue weighted by Crippen LogP contribution is 2.45. The number of benzene rings is 1. The zero-order valence-electron chi connectivity index (χ0n) is 23.9. The maximum Gasteiger partial charge on any atom is 0.319 e. The number of allylic oxidation sites excluding steroid dienone is 3. The van der Waals surface area contributed by atoms with Gasteiger partial charge in [0.05, 0.1) is 13.2 Å². The zero-order valence-corrected chi connectivity index (χ0v) is 23.9. The third kappa shape index (κ3) is 7.41. The summed E-state index contributed by atoms with van der Waals surface area (Å²) in [5, 5.41) is 7.48. The summed E-state index contributed by atoms with van der Waals surface area (Å²) in [7, 11) is 0. The van der Waals surface area contributed by atoms with E-state index in [0.29, 0.717) is 29.7 Å². The number of carbonyl (C=O) groups is 1. The third-order valence-corrected chi connectivity index (χ3v) is 7.67. The first-order valence-corrected chi connectivity index (χ1v) is 13.8. The molecule has 0 saturated carbocycles. The van der Waals surface area contributed by atoms with Crippen LogP contribution in [-0.4, -0.2) is 35.8 Å². The maximum atomic E-state index is 11.5. The van der Waals surface area contributed by atoms with E-state index >= 15 is 0 Å². The smallest absolute Gasteiger partial charge is 0.319 e. The predicted molar refractivity (Wildman–Crippen MR) is 150 cm³/mol. The van der Waals surface area contributed by atoms with Gasteiger partial charge in [-0.15, -0.1) is 0 Å². The minimum absolute atomic E-state index is 0.207. The molecule has 37 heavy (non-hydrogen) atoms. The van der Waals surface area contributed by atoms with Gasteiger partial charge in [-0.3, -0.25) is 4.79 Å². The number of aromatic nitrogens is 2. The van der Waals surface area contributed by atoms with Crippen molar-refractivity contribution in [3.05, 3.63) is 52.4 Å². The fraction of sp³-hybridized carbons (Fsp3) is 0.581. The largest absolute Gasteiger partial charge is 0.465 e. The Labute approximate surface area is 223 Å². The highest BCUT2D eigenvalue weighted by atomic mass is 16.5. The number of ether oxygens (including phenoxy) is 1. The Balaban J connectivity index is 1.72. The minimum atomic E-state index is -0.207. The average molecular weight is 508 g/mol. The lowest BCUT2D eigenvalue weighted by Gasteiger charge is -2.35. The van der Waals surface area contributed by atoms with Gasteiger partial charge < -0.3 is 14.6 Å². The lowest BCUT2D eigenvalue weighted by molar-refractivity contribution is -0.141. The van der Waals surface area contributed by atoms with Gasteiger partial charge in [0.15, 0.2) is 0 Å². The molecule has 1 atom stereocenters. The van der Waals surface area contributed by atoms with E-state index in [9.17, 15) is 4.79 Å². The molecule has 1 aromatic carbocycles. The number of nitrogens with zero attached hydrogens (tertiary/aromatic N) is 2. The zero-order chi connectivity index (χ0) is 27.2. The number of rotatable bonds is 12. The molecule has 1 unspecified atom stereocenters. The van der Waals surface area contributed by atoms with Crippen LogP contribution in [0.25, 0.3) is 17.0 Å². The molecule has 1 aliphatic rings. The Kier molecular flexibility index (Phi) is 9.88. The predicted octanol–water partition coefficient (Wildman–Crippen LogP) is 7.00. The minimum Gasteiger partial charge on any atom is -0.465 e. The molecule has 1 aromatic heterocycles. The van der Waals surface area contributed by atoms with Crippen LogP contribution in [0.5, 0.6) is 0 Å². The molecular formula is C31H45N3O3.